The maximum atomic E-state index is 12.1. The SMILES string of the molecule is CC(=O)OC[C@@H]1NCCC2(O)C(=O)C=C3OCOC3=C12.[B]. The molecule has 0 amide bonds. The zero-order chi connectivity index (χ0) is 14.3. The average Bonchev–Trinajstić information content (AvgIpc) is 2.84. The summed E-state index contributed by atoms with van der Waals surface area (Å²) in [6.45, 7) is 1.78. The highest BCUT2D eigenvalue weighted by molar-refractivity contribution is 6.02. The summed E-state index contributed by atoms with van der Waals surface area (Å²) < 4.78 is 15.6. The lowest BCUT2D eigenvalue weighted by atomic mass is 9.75. The fraction of sp³-hybridized carbons (Fsp3) is 0.538. The molecule has 2 aliphatic heterocycles. The number of nitrogens with one attached hydrogen (secondary N) is 1. The first-order valence-electron chi connectivity index (χ1n) is 6.38. The van der Waals surface area contributed by atoms with Gasteiger partial charge in [-0.25, -0.2) is 0 Å². The largest absolute Gasteiger partial charge is 0.464 e. The molecular weight excluding hydrogens is 277 g/mol. The van der Waals surface area contributed by atoms with Crippen molar-refractivity contribution in [2.45, 2.75) is 25.0 Å². The van der Waals surface area contributed by atoms with Crippen molar-refractivity contribution in [3.05, 3.63) is 23.2 Å². The Hall–Kier alpha value is -1.80. The van der Waals surface area contributed by atoms with Crippen LogP contribution in [-0.2, 0) is 23.8 Å². The van der Waals surface area contributed by atoms with Gasteiger partial charge in [-0.1, -0.05) is 0 Å². The molecule has 3 radical (unpaired) electrons. The van der Waals surface area contributed by atoms with Crippen molar-refractivity contribution >= 4 is 20.2 Å². The number of esters is 1. The zero-order valence-electron chi connectivity index (χ0n) is 11.5. The van der Waals surface area contributed by atoms with Crippen molar-refractivity contribution in [3.8, 4) is 0 Å². The summed E-state index contributed by atoms with van der Waals surface area (Å²) in [6, 6.07) is -0.470. The Morgan fingerprint density at radius 1 is 1.57 bits per heavy atom. The summed E-state index contributed by atoms with van der Waals surface area (Å²) in [4.78, 5) is 23.1. The molecule has 1 aliphatic carbocycles. The maximum Gasteiger partial charge on any atom is 0.302 e. The highest BCUT2D eigenvalue weighted by atomic mass is 16.7. The van der Waals surface area contributed by atoms with Gasteiger partial charge in [0.1, 0.15) is 6.61 Å². The second-order valence-electron chi connectivity index (χ2n) is 4.94. The number of hydrogen-bond donors (Lipinski definition) is 2. The summed E-state index contributed by atoms with van der Waals surface area (Å²) in [5, 5.41) is 13.8. The first-order chi connectivity index (χ1) is 9.52. The van der Waals surface area contributed by atoms with Crippen LogP contribution in [0.1, 0.15) is 13.3 Å². The van der Waals surface area contributed by atoms with E-state index in [2.05, 4.69) is 5.32 Å². The van der Waals surface area contributed by atoms with Crippen molar-refractivity contribution in [3.63, 3.8) is 0 Å². The van der Waals surface area contributed by atoms with Crippen molar-refractivity contribution in [1.82, 2.24) is 5.32 Å². The Morgan fingerprint density at radius 2 is 2.33 bits per heavy atom. The molecule has 2 fully saturated rings. The molecule has 2 saturated heterocycles. The van der Waals surface area contributed by atoms with E-state index in [0.29, 0.717) is 23.6 Å². The summed E-state index contributed by atoms with van der Waals surface area (Å²) in [5.41, 5.74) is -1.22. The molecule has 0 aromatic carbocycles. The second-order valence-corrected chi connectivity index (χ2v) is 4.94. The third kappa shape index (κ3) is 2.45. The van der Waals surface area contributed by atoms with Crippen LogP contribution in [0.2, 0.25) is 0 Å². The fourth-order valence-corrected chi connectivity index (χ4v) is 2.74. The van der Waals surface area contributed by atoms with Gasteiger partial charge in [-0.15, -0.1) is 0 Å². The standard InChI is InChI=1S/C13H15NO6.B/c1-7(15)18-5-8-11-12-9(19-6-20-12)4-10(16)13(11,17)2-3-14-8;/h4,8,14,17H,2-3,5-6H2,1H3;/t8-,13?;/m0./s1. The number of fused-ring (bicyclic) bond motifs is 2. The average molecular weight is 292 g/mol. The fourth-order valence-electron chi connectivity index (χ4n) is 2.74. The molecular formula is C13H15BNO6. The van der Waals surface area contributed by atoms with Crippen LogP contribution < -0.4 is 5.32 Å². The number of hydrogen-bond acceptors (Lipinski definition) is 7. The molecule has 0 aromatic heterocycles. The molecule has 8 heteroatoms. The van der Waals surface area contributed by atoms with Crippen molar-refractivity contribution in [1.29, 1.82) is 0 Å². The van der Waals surface area contributed by atoms with Crippen molar-refractivity contribution < 1.29 is 28.9 Å². The van der Waals surface area contributed by atoms with Crippen LogP contribution in [0.15, 0.2) is 23.2 Å². The minimum absolute atomic E-state index is 0. The minimum atomic E-state index is -1.61. The van der Waals surface area contributed by atoms with E-state index in [1.54, 1.807) is 0 Å². The maximum absolute atomic E-state index is 12.1. The van der Waals surface area contributed by atoms with Crippen molar-refractivity contribution in [2.75, 3.05) is 19.9 Å². The normalized spacial score (nSPS) is 30.3. The quantitative estimate of drug-likeness (QED) is 0.497. The lowest BCUT2D eigenvalue weighted by Gasteiger charge is -2.40. The Morgan fingerprint density at radius 3 is 3.05 bits per heavy atom. The van der Waals surface area contributed by atoms with E-state index in [1.807, 2.05) is 0 Å². The van der Waals surface area contributed by atoms with Crippen LogP contribution in [0, 0.1) is 0 Å². The van der Waals surface area contributed by atoms with Gasteiger partial charge < -0.3 is 24.6 Å². The van der Waals surface area contributed by atoms with E-state index in [4.69, 9.17) is 14.2 Å². The molecule has 3 rings (SSSR count). The third-order valence-corrected chi connectivity index (χ3v) is 3.68. The summed E-state index contributed by atoms with van der Waals surface area (Å²) in [6.07, 6.45) is 1.51. The Kier molecular flexibility index (Phi) is 4.11. The monoisotopic (exact) mass is 292 g/mol. The lowest BCUT2D eigenvalue weighted by molar-refractivity contribution is -0.142. The Balaban J connectivity index is 0.00000161. The molecule has 2 N–H and O–H groups in total. The highest BCUT2D eigenvalue weighted by Gasteiger charge is 2.51. The van der Waals surface area contributed by atoms with Crippen LogP contribution >= 0.6 is 0 Å². The first-order valence-corrected chi connectivity index (χ1v) is 6.38. The Bertz CT molecular complexity index is 543. The molecule has 3 aliphatic rings. The second kappa shape index (κ2) is 5.53. The molecule has 0 spiro atoms. The summed E-state index contributed by atoms with van der Waals surface area (Å²) >= 11 is 0. The van der Waals surface area contributed by atoms with Crippen molar-refractivity contribution in [2.24, 2.45) is 0 Å². The number of piperidine rings is 1. The van der Waals surface area contributed by atoms with E-state index < -0.39 is 23.4 Å². The van der Waals surface area contributed by atoms with E-state index in [1.165, 1.54) is 13.0 Å². The van der Waals surface area contributed by atoms with Gasteiger partial charge in [-0.3, -0.25) is 9.59 Å². The van der Waals surface area contributed by atoms with Gasteiger partial charge in [0.15, 0.2) is 22.9 Å². The molecule has 1 unspecified atom stereocenters. The van der Waals surface area contributed by atoms with Gasteiger partial charge in [0, 0.05) is 33.4 Å². The molecule has 0 saturated carbocycles. The van der Waals surface area contributed by atoms with Gasteiger partial charge in [0.05, 0.1) is 6.04 Å². The minimum Gasteiger partial charge on any atom is -0.464 e. The first kappa shape index (κ1) is 15.6. The number of aliphatic hydroxyl groups is 1. The van der Waals surface area contributed by atoms with Gasteiger partial charge in [0.2, 0.25) is 6.79 Å². The molecule has 7 nitrogen and oxygen atoms in total. The van der Waals surface area contributed by atoms with Gasteiger partial charge >= 0.3 is 5.97 Å². The third-order valence-electron chi connectivity index (χ3n) is 3.68. The molecule has 21 heavy (non-hydrogen) atoms. The van der Waals surface area contributed by atoms with E-state index in [-0.39, 0.29) is 28.2 Å². The number of carbonyl (C=O) groups excluding carboxylic acids is 2. The van der Waals surface area contributed by atoms with Crippen LogP contribution in [0.25, 0.3) is 0 Å². The molecule has 2 atom stereocenters. The highest BCUT2D eigenvalue weighted by Crippen LogP contribution is 2.40. The zero-order valence-corrected chi connectivity index (χ0v) is 11.5. The number of ether oxygens (including phenoxy) is 3. The van der Waals surface area contributed by atoms with Crippen LogP contribution in [0.4, 0.5) is 0 Å². The number of carbonyl (C=O) groups is 2. The molecule has 2 heterocycles. The number of ketones is 1. The predicted octanol–water partition coefficient (Wildman–Crippen LogP) is -1.01. The van der Waals surface area contributed by atoms with E-state index in [9.17, 15) is 14.7 Å². The summed E-state index contributed by atoms with van der Waals surface area (Å²) in [7, 11) is 0. The predicted molar refractivity (Wildman–Crippen MR) is 70.9 cm³/mol. The van der Waals surface area contributed by atoms with Gasteiger partial charge in [-0.2, -0.15) is 0 Å². The molecule has 0 bridgehead atoms. The summed E-state index contributed by atoms with van der Waals surface area (Å²) in [5.74, 6) is -0.151. The molecule has 0 aromatic rings. The van der Waals surface area contributed by atoms with Gasteiger partial charge in [0.25, 0.3) is 0 Å². The topological polar surface area (TPSA) is 94.1 Å². The van der Waals surface area contributed by atoms with Crippen LogP contribution in [-0.4, -0.2) is 56.9 Å². The smallest absolute Gasteiger partial charge is 0.302 e. The van der Waals surface area contributed by atoms with Crippen LogP contribution in [0.5, 0.6) is 0 Å². The number of rotatable bonds is 2. The molecule has 111 valence electrons. The lowest BCUT2D eigenvalue weighted by Crippen LogP contribution is -2.57. The van der Waals surface area contributed by atoms with E-state index >= 15 is 0 Å². The van der Waals surface area contributed by atoms with Gasteiger partial charge in [-0.05, 0) is 6.54 Å². The Labute approximate surface area is 123 Å². The van der Waals surface area contributed by atoms with E-state index in [0.717, 1.165) is 0 Å². The van der Waals surface area contributed by atoms with Crippen LogP contribution in [0.3, 0.4) is 0 Å².